The molecule has 21 heteroatoms. The van der Waals surface area contributed by atoms with Crippen molar-refractivity contribution in [2.75, 3.05) is 123 Å². The second-order valence-electron chi connectivity index (χ2n) is 22.7. The Balaban J connectivity index is 0. The SMILES string of the molecule is C.C.C.CN(C)CCN=C=O.C[C@H](Cc1ccc(O)c(O)c1)[C@@H](C)Cc1ccc(O)c(O)c1.C[C@H](Cc1ccc(OC(=O)CCCN(C)C)c(OC(=O)NCCN(C)C)c1)[C@@H](C)Cc1ccc(OC(=O)NCCN(C)C)c(OC(=O)CCCN(C)C)c1. The fourth-order valence-electron chi connectivity index (χ4n) is 8.13. The number of aliphatic imine (C=N–C) groups is 1. The Bertz CT molecular complexity index is 2510. The van der Waals surface area contributed by atoms with Crippen molar-refractivity contribution in [2.45, 2.75) is 101 Å². The van der Waals surface area contributed by atoms with Crippen LogP contribution in [-0.4, -0.2) is 198 Å². The van der Waals surface area contributed by atoms with Crippen LogP contribution in [0.5, 0.6) is 46.0 Å². The number of esters is 2. The molecule has 4 aromatic carbocycles. The van der Waals surface area contributed by atoms with Gasteiger partial charge in [0.25, 0.3) is 0 Å². The van der Waals surface area contributed by atoms with Crippen molar-refractivity contribution in [3.63, 3.8) is 0 Å². The highest BCUT2D eigenvalue weighted by atomic mass is 16.6. The molecule has 0 radical (unpaired) electrons. The summed E-state index contributed by atoms with van der Waals surface area (Å²) >= 11 is 0. The molecule has 490 valence electrons. The molecule has 2 amide bonds. The van der Waals surface area contributed by atoms with E-state index in [4.69, 9.17) is 18.9 Å². The molecule has 21 nitrogen and oxygen atoms in total. The number of phenols is 4. The Morgan fingerprint density at radius 1 is 0.437 bits per heavy atom. The third-order valence-electron chi connectivity index (χ3n) is 13.5. The van der Waals surface area contributed by atoms with Gasteiger partial charge in [0.15, 0.2) is 46.0 Å². The average molecular weight is 1220 g/mol. The van der Waals surface area contributed by atoms with Crippen molar-refractivity contribution in [2.24, 2.45) is 28.7 Å². The Morgan fingerprint density at radius 3 is 1.09 bits per heavy atom. The summed E-state index contributed by atoms with van der Waals surface area (Å²) in [6.07, 6.45) is 4.83. The molecule has 0 bridgehead atoms. The van der Waals surface area contributed by atoms with Crippen LogP contribution >= 0.6 is 0 Å². The number of isocyanates is 1. The van der Waals surface area contributed by atoms with E-state index in [0.717, 1.165) is 54.7 Å². The zero-order valence-electron chi connectivity index (χ0n) is 52.2. The number of aromatic hydroxyl groups is 4. The Morgan fingerprint density at radius 2 is 0.747 bits per heavy atom. The standard InChI is InChI=1S/C40H64N6O8.C18H22O4.C5H10N2O.3CH4/c1-29(25-31-16-18-34(53-39(49)41-19-23-45(7)8)35(27-31)52-38(48)14-12-22-44(5)6)30(2)26-32-15-17-33(51-37(47)13-11-21-43(3)4)36(28-32)54-40(50)42-20-24-46(9)10;1-11(7-13-3-5-15(19)17(21)9-13)12(2)8-14-4-6-16(20)18(22)10-14;1-7(2)4-3-6-5-8;;;/h15-18,27-30H,11-14,19-26H2,1-10H3,(H,41,49)(H,42,50);3-6,9-12,19-22H,7-8H2,1-2H3;3-4H2,1-2H3;3*1H4/t29-,30+;11-,12+;;;;/m0...../s1. The first kappa shape index (κ1) is 81.8. The number of benzene rings is 4. The summed E-state index contributed by atoms with van der Waals surface area (Å²) in [5, 5.41) is 43.2. The lowest BCUT2D eigenvalue weighted by Crippen LogP contribution is -2.33. The highest BCUT2D eigenvalue weighted by molar-refractivity contribution is 5.76. The Labute approximate surface area is 520 Å². The second-order valence-corrected chi connectivity index (χ2v) is 22.7. The van der Waals surface area contributed by atoms with Crippen LogP contribution in [-0.2, 0) is 40.1 Å². The molecule has 0 aliphatic carbocycles. The fourth-order valence-corrected chi connectivity index (χ4v) is 8.13. The van der Waals surface area contributed by atoms with Gasteiger partial charge in [-0.3, -0.25) is 9.59 Å². The normalized spacial score (nSPS) is 12.0. The topological polar surface area (TPSA) is 256 Å². The van der Waals surface area contributed by atoms with E-state index in [1.165, 1.54) is 18.2 Å². The third kappa shape index (κ3) is 35.8. The van der Waals surface area contributed by atoms with Crippen LogP contribution in [0.4, 0.5) is 9.59 Å². The van der Waals surface area contributed by atoms with Crippen LogP contribution in [0.3, 0.4) is 0 Å². The van der Waals surface area contributed by atoms with Gasteiger partial charge in [0.1, 0.15) is 0 Å². The predicted octanol–water partition coefficient (Wildman–Crippen LogP) is 9.90. The maximum Gasteiger partial charge on any atom is 0.412 e. The van der Waals surface area contributed by atoms with E-state index in [2.05, 4.69) is 43.3 Å². The van der Waals surface area contributed by atoms with Gasteiger partial charge >= 0.3 is 24.1 Å². The van der Waals surface area contributed by atoms with Gasteiger partial charge in [0.05, 0.1) is 6.54 Å². The summed E-state index contributed by atoms with van der Waals surface area (Å²) in [6.45, 7) is 13.5. The predicted molar refractivity (Wildman–Crippen MR) is 348 cm³/mol. The molecule has 87 heavy (non-hydrogen) atoms. The minimum atomic E-state index is -0.631. The van der Waals surface area contributed by atoms with Crippen molar-refractivity contribution >= 4 is 30.2 Å². The molecular formula is C66H108N8O13. The minimum Gasteiger partial charge on any atom is -0.504 e. The molecule has 4 rings (SSSR count). The molecular weight excluding hydrogens is 1110 g/mol. The molecule has 0 spiro atoms. The lowest BCUT2D eigenvalue weighted by atomic mass is 9.85. The van der Waals surface area contributed by atoms with E-state index in [1.54, 1.807) is 36.4 Å². The van der Waals surface area contributed by atoms with E-state index in [1.807, 2.05) is 119 Å². The maximum atomic E-state index is 12.8. The van der Waals surface area contributed by atoms with E-state index < -0.39 is 24.1 Å². The highest BCUT2D eigenvalue weighted by Crippen LogP contribution is 2.35. The number of phenolic OH excluding ortho intramolecular Hbond substituents is 4. The number of rotatable bonds is 31. The van der Waals surface area contributed by atoms with E-state index in [-0.39, 0.29) is 93.0 Å². The van der Waals surface area contributed by atoms with Crippen molar-refractivity contribution in [1.29, 1.82) is 0 Å². The number of hydrogen-bond donors (Lipinski definition) is 6. The van der Waals surface area contributed by atoms with E-state index in [0.29, 0.717) is 70.2 Å². The zero-order chi connectivity index (χ0) is 62.9. The number of amides is 2. The number of carbonyl (C=O) groups is 4. The van der Waals surface area contributed by atoms with Crippen molar-refractivity contribution in [3.8, 4) is 46.0 Å². The highest BCUT2D eigenvalue weighted by Gasteiger charge is 2.22. The van der Waals surface area contributed by atoms with Crippen LogP contribution in [0, 0.1) is 23.7 Å². The van der Waals surface area contributed by atoms with Crippen LogP contribution in [0.2, 0.25) is 0 Å². The quantitative estimate of drug-likeness (QED) is 0.00901. The minimum absolute atomic E-state index is 0. The fraction of sp³-hybridized carbons (Fsp3) is 0.561. The summed E-state index contributed by atoms with van der Waals surface area (Å²) < 4.78 is 22.6. The van der Waals surface area contributed by atoms with Gasteiger partial charge in [-0.1, -0.05) is 74.2 Å². The summed E-state index contributed by atoms with van der Waals surface area (Å²) in [5.41, 5.74) is 3.78. The number of nitrogens with one attached hydrogen (secondary N) is 2. The molecule has 0 fully saturated rings. The van der Waals surface area contributed by atoms with Gasteiger partial charge in [-0.05, 0) is 217 Å². The maximum absolute atomic E-state index is 12.8. The second kappa shape index (κ2) is 44.2. The van der Waals surface area contributed by atoms with Gasteiger partial charge < -0.3 is 74.5 Å². The summed E-state index contributed by atoms with van der Waals surface area (Å²) in [7, 11) is 19.3. The number of ether oxygens (including phenoxy) is 4. The zero-order valence-corrected chi connectivity index (χ0v) is 52.2. The smallest absolute Gasteiger partial charge is 0.412 e. The molecule has 4 atom stereocenters. The molecule has 0 saturated heterocycles. The van der Waals surface area contributed by atoms with Gasteiger partial charge in [-0.2, -0.15) is 0 Å². The molecule has 0 heterocycles. The number of carbonyl (C=O) groups excluding carboxylic acids is 5. The van der Waals surface area contributed by atoms with Crippen LogP contribution < -0.4 is 29.6 Å². The summed E-state index contributed by atoms with van der Waals surface area (Å²) in [5.74, 6) is 0.578. The summed E-state index contributed by atoms with van der Waals surface area (Å²) in [4.78, 5) is 73.3. The molecule has 0 saturated carbocycles. The molecule has 0 aliphatic heterocycles. The number of likely N-dealkylation sites (N-methyl/N-ethyl adjacent to an activating group) is 3. The monoisotopic (exact) mass is 1220 g/mol. The van der Waals surface area contributed by atoms with Crippen LogP contribution in [0.1, 0.15) is 97.9 Å². The average Bonchev–Trinajstić information content (AvgIpc) is 3.19. The van der Waals surface area contributed by atoms with Crippen molar-refractivity contribution in [3.05, 3.63) is 95.1 Å². The van der Waals surface area contributed by atoms with Crippen molar-refractivity contribution < 1.29 is 63.3 Å². The summed E-state index contributed by atoms with van der Waals surface area (Å²) in [6, 6.07) is 20.4. The third-order valence-corrected chi connectivity index (χ3v) is 13.5. The van der Waals surface area contributed by atoms with Crippen molar-refractivity contribution in [1.82, 2.24) is 35.1 Å². The first-order valence-electron chi connectivity index (χ1n) is 28.5. The van der Waals surface area contributed by atoms with Gasteiger partial charge in [-0.15, -0.1) is 0 Å². The molecule has 0 unspecified atom stereocenters. The molecule has 6 N–H and O–H groups in total. The Hall–Kier alpha value is -7.26. The van der Waals surface area contributed by atoms with Gasteiger partial charge in [0.2, 0.25) is 6.08 Å². The number of hydrogen-bond acceptors (Lipinski definition) is 19. The molecule has 4 aromatic rings. The largest absolute Gasteiger partial charge is 0.504 e. The van der Waals surface area contributed by atoms with Gasteiger partial charge in [-0.25, -0.2) is 19.4 Å². The lowest BCUT2D eigenvalue weighted by molar-refractivity contribution is -0.135. The molecule has 0 aliphatic rings. The van der Waals surface area contributed by atoms with Gasteiger partial charge in [0, 0.05) is 45.6 Å². The first-order chi connectivity index (χ1) is 39.6. The van der Waals surface area contributed by atoms with E-state index in [9.17, 15) is 44.4 Å². The lowest BCUT2D eigenvalue weighted by Gasteiger charge is -2.21. The number of nitrogens with zero attached hydrogens (tertiary/aromatic N) is 6. The van der Waals surface area contributed by atoms with E-state index >= 15 is 0 Å². The van der Waals surface area contributed by atoms with Crippen LogP contribution in [0.15, 0.2) is 77.8 Å². The van der Waals surface area contributed by atoms with Crippen LogP contribution in [0.25, 0.3) is 0 Å². The molecule has 0 aromatic heterocycles. The Kier molecular flexibility index (Phi) is 41.6. The first-order valence-corrected chi connectivity index (χ1v) is 28.5.